The quantitative estimate of drug-likeness (QED) is 0.562. The molecule has 1 aromatic carbocycles. The number of benzene rings is 1. The molecule has 2 aromatic rings. The Kier molecular flexibility index (Phi) is 5.63. The van der Waals surface area contributed by atoms with Gasteiger partial charge in [0.1, 0.15) is 5.56 Å². The first kappa shape index (κ1) is 18.5. The number of amides is 1. The van der Waals surface area contributed by atoms with Crippen molar-refractivity contribution in [2.75, 3.05) is 26.2 Å². The molecule has 0 radical (unpaired) electrons. The number of carbonyl (C=O) groups excluding carboxylic acids is 1. The minimum absolute atomic E-state index is 0.0982. The van der Waals surface area contributed by atoms with Crippen LogP contribution in [0.1, 0.15) is 21.6 Å². The fourth-order valence-electron chi connectivity index (χ4n) is 3.08. The number of halogens is 1. The van der Waals surface area contributed by atoms with Crippen LogP contribution in [0.2, 0.25) is 0 Å². The van der Waals surface area contributed by atoms with Crippen molar-refractivity contribution < 1.29 is 9.72 Å². The highest BCUT2D eigenvalue weighted by molar-refractivity contribution is 9.10. The lowest BCUT2D eigenvalue weighted by Crippen LogP contribution is -2.48. The summed E-state index contributed by atoms with van der Waals surface area (Å²) < 4.78 is 0.941. The molecule has 3 rings (SSSR count). The third-order valence-electron chi connectivity index (χ3n) is 4.48. The molecule has 0 atom stereocenters. The molecular formula is C18H19BrN4O3. The lowest BCUT2D eigenvalue weighted by Gasteiger charge is -2.34. The van der Waals surface area contributed by atoms with Gasteiger partial charge in [-0.2, -0.15) is 0 Å². The van der Waals surface area contributed by atoms with Gasteiger partial charge < -0.3 is 4.90 Å². The SMILES string of the molecule is Cc1cccc(C(=O)N2CCN(Cc3ccc(Br)cn3)CC2)c1[N+](=O)[O-]. The Labute approximate surface area is 159 Å². The Balaban J connectivity index is 1.65. The predicted octanol–water partition coefficient (Wildman–Crippen LogP) is 3.02. The molecule has 0 unspecified atom stereocenters. The van der Waals surface area contributed by atoms with Crippen molar-refractivity contribution in [3.05, 3.63) is 67.9 Å². The number of pyridine rings is 1. The first-order valence-electron chi connectivity index (χ1n) is 8.32. The lowest BCUT2D eigenvalue weighted by atomic mass is 10.1. The Hall–Kier alpha value is -2.32. The number of nitro groups is 1. The molecule has 0 spiro atoms. The Morgan fingerprint density at radius 3 is 2.58 bits per heavy atom. The van der Waals surface area contributed by atoms with Crippen molar-refractivity contribution in [2.24, 2.45) is 0 Å². The van der Waals surface area contributed by atoms with Crippen LogP contribution in [0.4, 0.5) is 5.69 Å². The van der Waals surface area contributed by atoms with Crippen molar-refractivity contribution in [2.45, 2.75) is 13.5 Å². The van der Waals surface area contributed by atoms with E-state index in [9.17, 15) is 14.9 Å². The van der Waals surface area contributed by atoms with E-state index >= 15 is 0 Å². The lowest BCUT2D eigenvalue weighted by molar-refractivity contribution is -0.385. The molecule has 1 aliphatic rings. The van der Waals surface area contributed by atoms with Gasteiger partial charge in [-0.15, -0.1) is 0 Å². The van der Waals surface area contributed by atoms with Gasteiger partial charge in [0.15, 0.2) is 0 Å². The topological polar surface area (TPSA) is 79.6 Å². The standard InChI is InChI=1S/C18H19BrN4O3/c1-13-3-2-4-16(17(13)23(25)26)18(24)22-9-7-21(8-10-22)12-15-6-5-14(19)11-20-15/h2-6,11H,7-10,12H2,1H3. The van der Waals surface area contributed by atoms with Gasteiger partial charge in [0.2, 0.25) is 0 Å². The van der Waals surface area contributed by atoms with Gasteiger partial charge in [-0.3, -0.25) is 24.8 Å². The summed E-state index contributed by atoms with van der Waals surface area (Å²) in [4.78, 5) is 31.9. The first-order chi connectivity index (χ1) is 12.5. The Morgan fingerprint density at radius 1 is 1.23 bits per heavy atom. The van der Waals surface area contributed by atoms with E-state index in [0.29, 0.717) is 31.7 Å². The van der Waals surface area contributed by atoms with Crippen molar-refractivity contribution in [3.8, 4) is 0 Å². The molecule has 1 aromatic heterocycles. The van der Waals surface area contributed by atoms with Crippen LogP contribution in [0.3, 0.4) is 0 Å². The van der Waals surface area contributed by atoms with E-state index in [-0.39, 0.29) is 17.2 Å². The summed E-state index contributed by atoms with van der Waals surface area (Å²) >= 11 is 3.37. The molecule has 136 valence electrons. The summed E-state index contributed by atoms with van der Waals surface area (Å²) in [5, 5.41) is 11.3. The van der Waals surface area contributed by atoms with Crippen molar-refractivity contribution in [1.29, 1.82) is 0 Å². The molecule has 0 saturated carbocycles. The van der Waals surface area contributed by atoms with Gasteiger partial charge in [-0.05, 0) is 41.1 Å². The van der Waals surface area contributed by atoms with Gasteiger partial charge in [0, 0.05) is 49.0 Å². The van der Waals surface area contributed by atoms with Gasteiger partial charge in [-0.1, -0.05) is 12.1 Å². The summed E-state index contributed by atoms with van der Waals surface area (Å²) in [5.41, 5.74) is 1.54. The van der Waals surface area contributed by atoms with Crippen molar-refractivity contribution in [3.63, 3.8) is 0 Å². The highest BCUT2D eigenvalue weighted by atomic mass is 79.9. The molecule has 0 N–H and O–H groups in total. The molecule has 1 aliphatic heterocycles. The summed E-state index contributed by atoms with van der Waals surface area (Å²) in [6.07, 6.45) is 1.77. The largest absolute Gasteiger partial charge is 0.336 e. The van der Waals surface area contributed by atoms with Crippen LogP contribution in [-0.4, -0.2) is 51.8 Å². The van der Waals surface area contributed by atoms with Gasteiger partial charge >= 0.3 is 0 Å². The van der Waals surface area contributed by atoms with E-state index in [4.69, 9.17) is 0 Å². The van der Waals surface area contributed by atoms with Gasteiger partial charge in [0.05, 0.1) is 10.6 Å². The number of rotatable bonds is 4. The van der Waals surface area contributed by atoms with E-state index < -0.39 is 4.92 Å². The molecule has 2 heterocycles. The molecule has 1 fully saturated rings. The molecule has 8 heteroatoms. The fourth-order valence-corrected chi connectivity index (χ4v) is 3.32. The maximum atomic E-state index is 12.8. The maximum absolute atomic E-state index is 12.8. The highest BCUT2D eigenvalue weighted by Gasteiger charge is 2.28. The summed E-state index contributed by atoms with van der Waals surface area (Å²) in [6.45, 7) is 4.88. The molecule has 7 nitrogen and oxygen atoms in total. The first-order valence-corrected chi connectivity index (χ1v) is 9.11. The Bertz CT molecular complexity index is 818. The summed E-state index contributed by atoms with van der Waals surface area (Å²) in [7, 11) is 0. The average molecular weight is 419 g/mol. The number of hydrogen-bond acceptors (Lipinski definition) is 5. The zero-order valence-electron chi connectivity index (χ0n) is 14.4. The van der Waals surface area contributed by atoms with Gasteiger partial charge in [-0.25, -0.2) is 0 Å². The highest BCUT2D eigenvalue weighted by Crippen LogP contribution is 2.25. The van der Waals surface area contributed by atoms with E-state index in [1.54, 1.807) is 30.2 Å². The maximum Gasteiger partial charge on any atom is 0.285 e. The van der Waals surface area contributed by atoms with Crippen LogP contribution in [0.25, 0.3) is 0 Å². The average Bonchev–Trinajstić information content (AvgIpc) is 2.63. The van der Waals surface area contributed by atoms with Crippen LogP contribution >= 0.6 is 15.9 Å². The zero-order chi connectivity index (χ0) is 18.7. The van der Waals surface area contributed by atoms with Crippen LogP contribution in [0.15, 0.2) is 41.0 Å². The van der Waals surface area contributed by atoms with E-state index in [1.807, 2.05) is 12.1 Å². The molecule has 1 amide bonds. The minimum Gasteiger partial charge on any atom is -0.336 e. The van der Waals surface area contributed by atoms with Crippen LogP contribution < -0.4 is 0 Å². The number of carbonyl (C=O) groups is 1. The predicted molar refractivity (Wildman–Crippen MR) is 101 cm³/mol. The second-order valence-electron chi connectivity index (χ2n) is 6.26. The molecule has 1 saturated heterocycles. The second kappa shape index (κ2) is 7.92. The number of hydrogen-bond donors (Lipinski definition) is 0. The third-order valence-corrected chi connectivity index (χ3v) is 4.95. The smallest absolute Gasteiger partial charge is 0.285 e. The van der Waals surface area contributed by atoms with Crippen molar-refractivity contribution >= 4 is 27.5 Å². The van der Waals surface area contributed by atoms with E-state index in [0.717, 1.165) is 16.7 Å². The van der Waals surface area contributed by atoms with E-state index in [1.165, 1.54) is 6.07 Å². The normalized spacial score (nSPS) is 15.1. The number of nitrogens with zero attached hydrogens (tertiary/aromatic N) is 4. The van der Waals surface area contributed by atoms with Crippen LogP contribution in [-0.2, 0) is 6.54 Å². The summed E-state index contributed by atoms with van der Waals surface area (Å²) in [6, 6.07) is 8.80. The monoisotopic (exact) mass is 418 g/mol. The zero-order valence-corrected chi connectivity index (χ0v) is 16.0. The number of piperazine rings is 1. The number of aromatic nitrogens is 1. The minimum atomic E-state index is -0.474. The van der Waals surface area contributed by atoms with Gasteiger partial charge in [0.25, 0.3) is 11.6 Å². The molecular weight excluding hydrogens is 400 g/mol. The second-order valence-corrected chi connectivity index (χ2v) is 7.18. The molecule has 0 aliphatic carbocycles. The number of aryl methyl sites for hydroxylation is 1. The van der Waals surface area contributed by atoms with Crippen LogP contribution in [0, 0.1) is 17.0 Å². The number of para-hydroxylation sites is 1. The molecule has 26 heavy (non-hydrogen) atoms. The molecule has 0 bridgehead atoms. The Morgan fingerprint density at radius 2 is 1.96 bits per heavy atom. The van der Waals surface area contributed by atoms with Crippen molar-refractivity contribution in [1.82, 2.24) is 14.8 Å². The third kappa shape index (κ3) is 4.08. The van der Waals surface area contributed by atoms with E-state index in [2.05, 4.69) is 25.8 Å². The summed E-state index contributed by atoms with van der Waals surface area (Å²) in [5.74, 6) is -0.276. The number of nitro benzene ring substituents is 1. The fraction of sp³-hybridized carbons (Fsp3) is 0.333. The van der Waals surface area contributed by atoms with Crippen LogP contribution in [0.5, 0.6) is 0 Å².